The average Bonchev–Trinajstić information content (AvgIpc) is 2.60. The van der Waals surface area contributed by atoms with Gasteiger partial charge in [-0.1, -0.05) is 37.5 Å². The molecule has 1 aliphatic rings. The van der Waals surface area contributed by atoms with Crippen LogP contribution in [-0.2, 0) is 4.79 Å². The molecule has 2 amide bonds. The number of hydrogen-bond acceptors (Lipinski definition) is 3. The number of thioether (sulfide) groups is 1. The number of rotatable bonds is 7. The third-order valence-corrected chi connectivity index (χ3v) is 4.86. The monoisotopic (exact) mass is 334 g/mol. The SMILES string of the molecule is CSCCC(NC(=O)c1ccccc1)C(=O)NC1CCCCC1. The molecule has 2 rings (SSSR count). The molecule has 0 aromatic heterocycles. The van der Waals surface area contributed by atoms with Crippen LogP contribution >= 0.6 is 11.8 Å². The number of nitrogens with one attached hydrogen (secondary N) is 2. The zero-order valence-electron chi connectivity index (χ0n) is 13.7. The average molecular weight is 334 g/mol. The Morgan fingerprint density at radius 1 is 1.17 bits per heavy atom. The third kappa shape index (κ3) is 5.90. The Labute approximate surface area is 142 Å². The third-order valence-electron chi connectivity index (χ3n) is 4.22. The maximum absolute atomic E-state index is 12.5. The topological polar surface area (TPSA) is 58.2 Å². The van der Waals surface area contributed by atoms with Crippen molar-refractivity contribution in [1.29, 1.82) is 0 Å². The van der Waals surface area contributed by atoms with Crippen LogP contribution in [0.4, 0.5) is 0 Å². The molecule has 1 aromatic carbocycles. The van der Waals surface area contributed by atoms with Gasteiger partial charge in [0.1, 0.15) is 6.04 Å². The summed E-state index contributed by atoms with van der Waals surface area (Å²) in [4.78, 5) is 24.9. The van der Waals surface area contributed by atoms with E-state index in [1.807, 2.05) is 24.5 Å². The molecule has 0 aliphatic heterocycles. The maximum atomic E-state index is 12.5. The molecule has 0 saturated heterocycles. The number of carbonyl (C=O) groups excluding carboxylic acids is 2. The minimum atomic E-state index is -0.461. The lowest BCUT2D eigenvalue weighted by Crippen LogP contribution is -2.50. The second kappa shape index (κ2) is 9.60. The van der Waals surface area contributed by atoms with Gasteiger partial charge in [-0.25, -0.2) is 0 Å². The minimum Gasteiger partial charge on any atom is -0.352 e. The molecule has 1 fully saturated rings. The number of benzene rings is 1. The smallest absolute Gasteiger partial charge is 0.251 e. The Balaban J connectivity index is 1.94. The van der Waals surface area contributed by atoms with Gasteiger partial charge in [-0.05, 0) is 43.4 Å². The van der Waals surface area contributed by atoms with Crippen LogP contribution in [0, 0.1) is 0 Å². The van der Waals surface area contributed by atoms with Gasteiger partial charge in [-0.15, -0.1) is 0 Å². The Kier molecular flexibility index (Phi) is 7.46. The van der Waals surface area contributed by atoms with Crippen LogP contribution in [0.15, 0.2) is 30.3 Å². The van der Waals surface area contributed by atoms with Crippen LogP contribution in [0.25, 0.3) is 0 Å². The van der Waals surface area contributed by atoms with Crippen molar-refractivity contribution in [3.8, 4) is 0 Å². The van der Waals surface area contributed by atoms with Crippen LogP contribution in [0.2, 0.25) is 0 Å². The standard InChI is InChI=1S/C18H26N2O2S/c1-23-13-12-16(18(22)19-15-10-6-3-7-11-15)20-17(21)14-8-4-2-5-9-14/h2,4-5,8-9,15-16H,3,6-7,10-13H2,1H3,(H,19,22)(H,20,21). The molecule has 126 valence electrons. The zero-order valence-corrected chi connectivity index (χ0v) is 14.5. The van der Waals surface area contributed by atoms with Crippen molar-refractivity contribution in [1.82, 2.24) is 10.6 Å². The van der Waals surface area contributed by atoms with E-state index in [4.69, 9.17) is 0 Å². The summed E-state index contributed by atoms with van der Waals surface area (Å²) in [5.41, 5.74) is 0.590. The minimum absolute atomic E-state index is 0.0461. The van der Waals surface area contributed by atoms with E-state index in [1.165, 1.54) is 19.3 Å². The summed E-state index contributed by atoms with van der Waals surface area (Å²) < 4.78 is 0. The van der Waals surface area contributed by atoms with Gasteiger partial charge in [0.2, 0.25) is 5.91 Å². The molecule has 0 radical (unpaired) electrons. The van der Waals surface area contributed by atoms with Crippen molar-refractivity contribution in [3.63, 3.8) is 0 Å². The summed E-state index contributed by atoms with van der Waals surface area (Å²) in [5, 5.41) is 6.01. The molecule has 0 heterocycles. The zero-order chi connectivity index (χ0) is 16.5. The predicted molar refractivity (Wildman–Crippen MR) is 95.7 cm³/mol. The summed E-state index contributed by atoms with van der Waals surface area (Å²) in [6.45, 7) is 0. The van der Waals surface area contributed by atoms with Gasteiger partial charge in [0.15, 0.2) is 0 Å². The molecule has 5 heteroatoms. The summed E-state index contributed by atoms with van der Waals surface area (Å²) >= 11 is 1.69. The molecule has 1 atom stereocenters. The second-order valence-electron chi connectivity index (χ2n) is 6.02. The van der Waals surface area contributed by atoms with Crippen molar-refractivity contribution in [2.24, 2.45) is 0 Å². The van der Waals surface area contributed by atoms with Gasteiger partial charge in [-0.2, -0.15) is 11.8 Å². The van der Waals surface area contributed by atoms with Gasteiger partial charge >= 0.3 is 0 Å². The lowest BCUT2D eigenvalue weighted by molar-refractivity contribution is -0.123. The highest BCUT2D eigenvalue weighted by Crippen LogP contribution is 2.17. The van der Waals surface area contributed by atoms with Gasteiger partial charge in [0.25, 0.3) is 5.91 Å². The van der Waals surface area contributed by atoms with Gasteiger partial charge in [0, 0.05) is 11.6 Å². The molecule has 1 aliphatic carbocycles. The molecule has 1 unspecified atom stereocenters. The predicted octanol–water partition coefficient (Wildman–Crippen LogP) is 2.99. The first kappa shape index (κ1) is 17.9. The van der Waals surface area contributed by atoms with E-state index in [-0.39, 0.29) is 17.9 Å². The van der Waals surface area contributed by atoms with E-state index in [9.17, 15) is 9.59 Å². The number of carbonyl (C=O) groups is 2. The van der Waals surface area contributed by atoms with E-state index in [0.29, 0.717) is 12.0 Å². The second-order valence-corrected chi connectivity index (χ2v) is 7.00. The maximum Gasteiger partial charge on any atom is 0.251 e. The fourth-order valence-electron chi connectivity index (χ4n) is 2.88. The van der Waals surface area contributed by atoms with Gasteiger partial charge < -0.3 is 10.6 Å². The van der Waals surface area contributed by atoms with Crippen LogP contribution < -0.4 is 10.6 Å². The Bertz CT molecular complexity index is 501. The van der Waals surface area contributed by atoms with Gasteiger partial charge in [0.05, 0.1) is 0 Å². The van der Waals surface area contributed by atoms with E-state index >= 15 is 0 Å². The Morgan fingerprint density at radius 2 is 1.87 bits per heavy atom. The van der Waals surface area contributed by atoms with Crippen LogP contribution in [-0.4, -0.2) is 35.9 Å². The van der Waals surface area contributed by atoms with Crippen molar-refractivity contribution in [2.45, 2.75) is 50.6 Å². The normalized spacial score (nSPS) is 16.6. The van der Waals surface area contributed by atoms with Crippen molar-refractivity contribution < 1.29 is 9.59 Å². The summed E-state index contributed by atoms with van der Waals surface area (Å²) in [6, 6.07) is 8.86. The first-order chi connectivity index (χ1) is 11.2. The fraction of sp³-hybridized carbons (Fsp3) is 0.556. The Hall–Kier alpha value is -1.49. The molecular weight excluding hydrogens is 308 g/mol. The van der Waals surface area contributed by atoms with Crippen LogP contribution in [0.5, 0.6) is 0 Å². The highest BCUT2D eigenvalue weighted by Gasteiger charge is 2.24. The Morgan fingerprint density at radius 3 is 2.52 bits per heavy atom. The van der Waals surface area contributed by atoms with E-state index in [1.54, 1.807) is 23.9 Å². The van der Waals surface area contributed by atoms with E-state index in [0.717, 1.165) is 18.6 Å². The summed E-state index contributed by atoms with van der Waals surface area (Å²) in [7, 11) is 0. The summed E-state index contributed by atoms with van der Waals surface area (Å²) in [5.74, 6) is 0.614. The number of amides is 2. The molecule has 0 bridgehead atoms. The molecule has 0 spiro atoms. The van der Waals surface area contributed by atoms with Crippen molar-refractivity contribution in [3.05, 3.63) is 35.9 Å². The highest BCUT2D eigenvalue weighted by molar-refractivity contribution is 7.98. The molecule has 23 heavy (non-hydrogen) atoms. The summed E-state index contributed by atoms with van der Waals surface area (Å²) in [6.07, 6.45) is 8.37. The molecule has 1 aromatic rings. The molecular formula is C18H26N2O2S. The largest absolute Gasteiger partial charge is 0.352 e. The lowest BCUT2D eigenvalue weighted by atomic mass is 9.95. The first-order valence-corrected chi connectivity index (χ1v) is 9.75. The lowest BCUT2D eigenvalue weighted by Gasteiger charge is -2.26. The first-order valence-electron chi connectivity index (χ1n) is 8.36. The van der Waals surface area contributed by atoms with E-state index < -0.39 is 6.04 Å². The highest BCUT2D eigenvalue weighted by atomic mass is 32.2. The molecule has 1 saturated carbocycles. The van der Waals surface area contributed by atoms with E-state index in [2.05, 4.69) is 10.6 Å². The fourth-order valence-corrected chi connectivity index (χ4v) is 3.36. The quantitative estimate of drug-likeness (QED) is 0.806. The van der Waals surface area contributed by atoms with Gasteiger partial charge in [-0.3, -0.25) is 9.59 Å². The number of hydrogen-bond donors (Lipinski definition) is 2. The van der Waals surface area contributed by atoms with Crippen LogP contribution in [0.3, 0.4) is 0 Å². The van der Waals surface area contributed by atoms with Crippen LogP contribution in [0.1, 0.15) is 48.9 Å². The molecule has 4 nitrogen and oxygen atoms in total. The van der Waals surface area contributed by atoms with Crippen molar-refractivity contribution in [2.75, 3.05) is 12.0 Å². The molecule has 2 N–H and O–H groups in total. The van der Waals surface area contributed by atoms with Crippen molar-refractivity contribution >= 4 is 23.6 Å².